The van der Waals surface area contributed by atoms with Gasteiger partial charge in [0.15, 0.2) is 17.5 Å². The van der Waals surface area contributed by atoms with E-state index >= 15 is 0 Å². The standard InChI is InChI=1S/C18H12ClF3N4O/c1-9-23-14(18(27)25-11-4-2-10(19)3-5-11)8-15(24-9)26-13-7-6-12(20)16(21)17(13)22/h2-8H,1H3,(H,25,27)(H,23,24,26). The van der Waals surface area contributed by atoms with Crippen LogP contribution < -0.4 is 10.6 Å². The Balaban J connectivity index is 1.85. The first-order valence-corrected chi connectivity index (χ1v) is 8.04. The Morgan fingerprint density at radius 1 is 1.00 bits per heavy atom. The van der Waals surface area contributed by atoms with Gasteiger partial charge < -0.3 is 10.6 Å². The number of amides is 1. The predicted octanol–water partition coefficient (Wildman–Crippen LogP) is 4.85. The number of hydrogen-bond acceptors (Lipinski definition) is 4. The number of benzene rings is 2. The van der Waals surface area contributed by atoms with E-state index in [1.54, 1.807) is 24.3 Å². The van der Waals surface area contributed by atoms with Gasteiger partial charge in [-0.2, -0.15) is 0 Å². The van der Waals surface area contributed by atoms with E-state index in [9.17, 15) is 18.0 Å². The van der Waals surface area contributed by atoms with Crippen molar-refractivity contribution >= 4 is 34.7 Å². The first-order valence-electron chi connectivity index (χ1n) is 7.66. The van der Waals surface area contributed by atoms with Crippen LogP contribution in [0.5, 0.6) is 0 Å². The van der Waals surface area contributed by atoms with Crippen molar-refractivity contribution in [3.05, 3.63) is 76.5 Å². The molecule has 0 radical (unpaired) electrons. The molecule has 27 heavy (non-hydrogen) atoms. The van der Waals surface area contributed by atoms with Gasteiger partial charge >= 0.3 is 0 Å². The van der Waals surface area contributed by atoms with Gasteiger partial charge in [0.1, 0.15) is 17.3 Å². The molecule has 0 fully saturated rings. The van der Waals surface area contributed by atoms with E-state index in [-0.39, 0.29) is 23.0 Å². The number of hydrogen-bond donors (Lipinski definition) is 2. The van der Waals surface area contributed by atoms with Gasteiger partial charge in [-0.15, -0.1) is 0 Å². The van der Waals surface area contributed by atoms with Crippen molar-refractivity contribution in [1.82, 2.24) is 9.97 Å². The second kappa shape index (κ2) is 7.63. The van der Waals surface area contributed by atoms with Gasteiger partial charge in [0.2, 0.25) is 0 Å². The molecule has 0 unspecified atom stereocenters. The largest absolute Gasteiger partial charge is 0.338 e. The molecule has 5 nitrogen and oxygen atoms in total. The van der Waals surface area contributed by atoms with Crippen LogP contribution in [0.2, 0.25) is 5.02 Å². The molecule has 1 aromatic heterocycles. The third kappa shape index (κ3) is 4.35. The zero-order valence-electron chi connectivity index (χ0n) is 13.9. The van der Waals surface area contributed by atoms with Crippen LogP contribution in [0.25, 0.3) is 0 Å². The highest BCUT2D eigenvalue weighted by molar-refractivity contribution is 6.30. The number of carbonyl (C=O) groups excluding carboxylic acids is 1. The average molecular weight is 393 g/mol. The molecule has 0 aliphatic carbocycles. The molecule has 1 amide bonds. The summed E-state index contributed by atoms with van der Waals surface area (Å²) < 4.78 is 40.2. The fourth-order valence-corrected chi connectivity index (χ4v) is 2.36. The third-order valence-electron chi connectivity index (χ3n) is 3.47. The lowest BCUT2D eigenvalue weighted by molar-refractivity contribution is 0.102. The van der Waals surface area contributed by atoms with Crippen molar-refractivity contribution in [2.24, 2.45) is 0 Å². The number of anilines is 3. The van der Waals surface area contributed by atoms with Crippen LogP contribution in [0.3, 0.4) is 0 Å². The SMILES string of the molecule is Cc1nc(Nc2ccc(F)c(F)c2F)cc(C(=O)Nc2ccc(Cl)cc2)n1. The summed E-state index contributed by atoms with van der Waals surface area (Å²) in [6.07, 6.45) is 0. The minimum absolute atomic E-state index is 0.00272. The van der Waals surface area contributed by atoms with Crippen molar-refractivity contribution in [3.8, 4) is 0 Å². The maximum Gasteiger partial charge on any atom is 0.274 e. The van der Waals surface area contributed by atoms with Crippen LogP contribution in [0.4, 0.5) is 30.4 Å². The van der Waals surface area contributed by atoms with Gasteiger partial charge in [-0.1, -0.05) is 11.6 Å². The number of aromatic nitrogens is 2. The Bertz CT molecular complexity index is 1010. The summed E-state index contributed by atoms with van der Waals surface area (Å²) >= 11 is 5.80. The monoisotopic (exact) mass is 392 g/mol. The number of aryl methyl sites for hydroxylation is 1. The van der Waals surface area contributed by atoms with E-state index in [1.165, 1.54) is 13.0 Å². The summed E-state index contributed by atoms with van der Waals surface area (Å²) in [6, 6.07) is 9.53. The summed E-state index contributed by atoms with van der Waals surface area (Å²) in [7, 11) is 0. The minimum atomic E-state index is -1.61. The minimum Gasteiger partial charge on any atom is -0.338 e. The lowest BCUT2D eigenvalue weighted by atomic mass is 10.2. The van der Waals surface area contributed by atoms with Gasteiger partial charge in [0, 0.05) is 16.8 Å². The highest BCUT2D eigenvalue weighted by Crippen LogP contribution is 2.23. The van der Waals surface area contributed by atoms with Crippen LogP contribution in [-0.2, 0) is 0 Å². The predicted molar refractivity (Wildman–Crippen MR) is 95.8 cm³/mol. The molecule has 2 aromatic carbocycles. The molecule has 1 heterocycles. The van der Waals surface area contributed by atoms with E-state index in [0.29, 0.717) is 10.7 Å². The highest BCUT2D eigenvalue weighted by Gasteiger charge is 2.16. The molecule has 2 N–H and O–H groups in total. The van der Waals surface area contributed by atoms with E-state index < -0.39 is 23.4 Å². The molecule has 0 atom stereocenters. The molecular formula is C18H12ClF3N4O. The van der Waals surface area contributed by atoms with Gasteiger partial charge in [-0.05, 0) is 43.3 Å². The first kappa shape index (κ1) is 18.7. The second-order valence-corrected chi connectivity index (χ2v) is 5.93. The quantitative estimate of drug-likeness (QED) is 0.623. The molecule has 0 bridgehead atoms. The Kier molecular flexibility index (Phi) is 5.27. The summed E-state index contributed by atoms with van der Waals surface area (Å²) in [4.78, 5) is 20.4. The van der Waals surface area contributed by atoms with Gasteiger partial charge in [-0.25, -0.2) is 23.1 Å². The number of rotatable bonds is 4. The van der Waals surface area contributed by atoms with E-state index in [0.717, 1.165) is 12.1 Å². The number of carbonyl (C=O) groups is 1. The average Bonchev–Trinajstić information content (AvgIpc) is 2.63. The lowest BCUT2D eigenvalue weighted by Gasteiger charge is -2.10. The first-order chi connectivity index (χ1) is 12.8. The molecule has 0 spiro atoms. The topological polar surface area (TPSA) is 66.9 Å². The molecule has 0 saturated heterocycles. The maximum atomic E-state index is 13.8. The second-order valence-electron chi connectivity index (χ2n) is 5.49. The molecule has 3 rings (SSSR count). The molecule has 0 aliphatic heterocycles. The van der Waals surface area contributed by atoms with E-state index in [4.69, 9.17) is 11.6 Å². The van der Waals surface area contributed by atoms with Crippen molar-refractivity contribution in [2.75, 3.05) is 10.6 Å². The lowest BCUT2D eigenvalue weighted by Crippen LogP contribution is -2.15. The van der Waals surface area contributed by atoms with Crippen molar-refractivity contribution < 1.29 is 18.0 Å². The molecule has 0 aliphatic rings. The van der Waals surface area contributed by atoms with Crippen LogP contribution in [0.1, 0.15) is 16.3 Å². The maximum absolute atomic E-state index is 13.8. The molecule has 138 valence electrons. The summed E-state index contributed by atoms with van der Waals surface area (Å²) in [6.45, 7) is 1.53. The molecule has 9 heteroatoms. The molecule has 3 aromatic rings. The zero-order valence-corrected chi connectivity index (χ0v) is 14.6. The zero-order chi connectivity index (χ0) is 19.6. The Morgan fingerprint density at radius 3 is 2.41 bits per heavy atom. The van der Waals surface area contributed by atoms with Crippen molar-refractivity contribution in [2.45, 2.75) is 6.92 Å². The fourth-order valence-electron chi connectivity index (χ4n) is 2.24. The van der Waals surface area contributed by atoms with E-state index in [1.807, 2.05) is 0 Å². The third-order valence-corrected chi connectivity index (χ3v) is 3.72. The van der Waals surface area contributed by atoms with Crippen molar-refractivity contribution in [1.29, 1.82) is 0 Å². The van der Waals surface area contributed by atoms with Gasteiger partial charge in [0.05, 0.1) is 5.69 Å². The fraction of sp³-hybridized carbons (Fsp3) is 0.0556. The Hall–Kier alpha value is -3.13. The normalized spacial score (nSPS) is 10.6. The van der Waals surface area contributed by atoms with Gasteiger partial charge in [0.25, 0.3) is 5.91 Å². The Morgan fingerprint density at radius 2 is 1.70 bits per heavy atom. The Labute approximate surface area is 157 Å². The van der Waals surface area contributed by atoms with Crippen molar-refractivity contribution in [3.63, 3.8) is 0 Å². The number of halogens is 4. The molecular weight excluding hydrogens is 381 g/mol. The highest BCUT2D eigenvalue weighted by atomic mass is 35.5. The summed E-state index contributed by atoms with van der Waals surface area (Å²) in [5.74, 6) is -4.56. The summed E-state index contributed by atoms with van der Waals surface area (Å²) in [5, 5.41) is 5.67. The van der Waals surface area contributed by atoms with E-state index in [2.05, 4.69) is 20.6 Å². The smallest absolute Gasteiger partial charge is 0.274 e. The number of nitrogens with one attached hydrogen (secondary N) is 2. The van der Waals surface area contributed by atoms with Crippen LogP contribution >= 0.6 is 11.6 Å². The van der Waals surface area contributed by atoms with Crippen LogP contribution in [0, 0.1) is 24.4 Å². The number of nitrogens with zero attached hydrogens (tertiary/aromatic N) is 2. The summed E-state index contributed by atoms with van der Waals surface area (Å²) in [5.41, 5.74) is 0.181. The van der Waals surface area contributed by atoms with Crippen LogP contribution in [-0.4, -0.2) is 15.9 Å². The molecule has 0 saturated carbocycles. The van der Waals surface area contributed by atoms with Gasteiger partial charge in [-0.3, -0.25) is 4.79 Å². The van der Waals surface area contributed by atoms with Crippen LogP contribution in [0.15, 0.2) is 42.5 Å².